The molecule has 0 aliphatic heterocycles. The molecule has 0 atom stereocenters. The molecule has 0 radical (unpaired) electrons. The van der Waals surface area contributed by atoms with Gasteiger partial charge in [0.05, 0.1) is 23.7 Å². The number of nitrogens with two attached hydrogens (primary N) is 1. The van der Waals surface area contributed by atoms with Crippen molar-refractivity contribution in [3.05, 3.63) is 24.0 Å². The summed E-state index contributed by atoms with van der Waals surface area (Å²) in [4.78, 5) is 11.4. The van der Waals surface area contributed by atoms with Crippen molar-refractivity contribution in [3.63, 3.8) is 0 Å². The van der Waals surface area contributed by atoms with Crippen molar-refractivity contribution < 1.29 is 14.3 Å². The highest BCUT2D eigenvalue weighted by atomic mass is 32.2. The van der Waals surface area contributed by atoms with Gasteiger partial charge in [0.1, 0.15) is 5.82 Å². The largest absolute Gasteiger partial charge is 0.397 e. The van der Waals surface area contributed by atoms with Gasteiger partial charge >= 0.3 is 0 Å². The summed E-state index contributed by atoms with van der Waals surface area (Å²) in [6.07, 6.45) is 0. The number of halogens is 1. The molecule has 1 amide bonds. The lowest BCUT2D eigenvalue weighted by atomic mass is 10.2. The fourth-order valence-corrected chi connectivity index (χ4v) is 1.58. The average Bonchev–Trinajstić information content (AvgIpc) is 2.24. The fraction of sp³-hybridized carbons (Fsp3) is 0.300. The SMILES string of the molecule is Nc1ccc(F)cc1NC(=O)CSCCO. The third kappa shape index (κ3) is 4.08. The number of thioether (sulfide) groups is 1. The van der Waals surface area contributed by atoms with Gasteiger partial charge in [-0.15, -0.1) is 11.8 Å². The Morgan fingerprint density at radius 1 is 1.56 bits per heavy atom. The zero-order chi connectivity index (χ0) is 12.0. The Hall–Kier alpha value is -1.27. The topological polar surface area (TPSA) is 75.3 Å². The highest BCUT2D eigenvalue weighted by Gasteiger charge is 2.06. The van der Waals surface area contributed by atoms with Crippen molar-refractivity contribution in [2.24, 2.45) is 0 Å². The van der Waals surface area contributed by atoms with Crippen LogP contribution in [0.25, 0.3) is 0 Å². The first-order chi connectivity index (χ1) is 7.63. The summed E-state index contributed by atoms with van der Waals surface area (Å²) in [6, 6.07) is 3.79. The Morgan fingerprint density at radius 3 is 3.00 bits per heavy atom. The number of nitrogen functional groups attached to an aromatic ring is 1. The Kier molecular flexibility index (Phi) is 5.07. The number of aliphatic hydroxyl groups is 1. The number of hydrogen-bond acceptors (Lipinski definition) is 4. The maximum absolute atomic E-state index is 12.9. The van der Waals surface area contributed by atoms with E-state index in [-0.39, 0.29) is 24.0 Å². The van der Waals surface area contributed by atoms with Gasteiger partial charge in [-0.3, -0.25) is 4.79 Å². The molecule has 0 unspecified atom stereocenters. The zero-order valence-electron chi connectivity index (χ0n) is 8.57. The minimum atomic E-state index is -0.451. The Labute approximate surface area is 97.0 Å². The van der Waals surface area contributed by atoms with Crippen molar-refractivity contribution in [1.29, 1.82) is 0 Å². The molecule has 6 heteroatoms. The number of amides is 1. The van der Waals surface area contributed by atoms with Gasteiger partial charge in [0.15, 0.2) is 0 Å². The minimum Gasteiger partial charge on any atom is -0.397 e. The summed E-state index contributed by atoms with van der Waals surface area (Å²) in [7, 11) is 0. The van der Waals surface area contributed by atoms with E-state index in [0.717, 1.165) is 0 Å². The molecule has 0 aliphatic rings. The highest BCUT2D eigenvalue weighted by molar-refractivity contribution is 7.99. The number of rotatable bonds is 5. The van der Waals surface area contributed by atoms with Crippen LogP contribution < -0.4 is 11.1 Å². The lowest BCUT2D eigenvalue weighted by Crippen LogP contribution is -2.15. The van der Waals surface area contributed by atoms with E-state index in [1.807, 2.05) is 0 Å². The van der Waals surface area contributed by atoms with E-state index in [2.05, 4.69) is 5.32 Å². The first-order valence-corrected chi connectivity index (χ1v) is 5.82. The molecule has 0 aliphatic carbocycles. The summed E-state index contributed by atoms with van der Waals surface area (Å²) in [5.74, 6) is -0.0222. The molecule has 4 nitrogen and oxygen atoms in total. The van der Waals surface area contributed by atoms with Crippen LogP contribution in [0.5, 0.6) is 0 Å². The molecule has 1 aromatic carbocycles. The third-order valence-corrected chi connectivity index (χ3v) is 2.70. The van der Waals surface area contributed by atoms with Gasteiger partial charge in [0, 0.05) is 5.75 Å². The van der Waals surface area contributed by atoms with Gasteiger partial charge in [0.25, 0.3) is 0 Å². The first kappa shape index (κ1) is 12.8. The number of carbonyl (C=O) groups excluding carboxylic acids is 1. The fourth-order valence-electron chi connectivity index (χ4n) is 1.05. The van der Waals surface area contributed by atoms with Crippen LogP contribution in [0.15, 0.2) is 18.2 Å². The van der Waals surface area contributed by atoms with Crippen molar-refractivity contribution in [2.45, 2.75) is 0 Å². The van der Waals surface area contributed by atoms with Crippen LogP contribution in [0.4, 0.5) is 15.8 Å². The summed E-state index contributed by atoms with van der Waals surface area (Å²) >= 11 is 1.29. The molecule has 4 N–H and O–H groups in total. The molecule has 0 fully saturated rings. The van der Waals surface area contributed by atoms with Gasteiger partial charge in [-0.1, -0.05) is 0 Å². The number of hydrogen-bond donors (Lipinski definition) is 3. The zero-order valence-corrected chi connectivity index (χ0v) is 9.39. The quantitative estimate of drug-likeness (QED) is 0.535. The number of nitrogens with one attached hydrogen (secondary N) is 1. The minimum absolute atomic E-state index is 0.0278. The molecular formula is C10H13FN2O2S. The average molecular weight is 244 g/mol. The van der Waals surface area contributed by atoms with E-state index >= 15 is 0 Å². The molecule has 0 aromatic heterocycles. The van der Waals surface area contributed by atoms with E-state index < -0.39 is 5.82 Å². The Bertz CT molecular complexity index is 374. The van der Waals surface area contributed by atoms with Crippen molar-refractivity contribution in [3.8, 4) is 0 Å². The van der Waals surface area contributed by atoms with Crippen LogP contribution in [0.3, 0.4) is 0 Å². The maximum Gasteiger partial charge on any atom is 0.234 e. The number of aliphatic hydroxyl groups excluding tert-OH is 1. The van der Waals surface area contributed by atoms with Crippen LogP contribution in [-0.2, 0) is 4.79 Å². The van der Waals surface area contributed by atoms with Gasteiger partial charge in [0.2, 0.25) is 5.91 Å². The Balaban J connectivity index is 2.52. The maximum atomic E-state index is 12.9. The van der Waals surface area contributed by atoms with E-state index in [1.54, 1.807) is 0 Å². The predicted octanol–water partition coefficient (Wildman–Crippen LogP) is 1.07. The van der Waals surface area contributed by atoms with Gasteiger partial charge in [-0.25, -0.2) is 4.39 Å². The van der Waals surface area contributed by atoms with Gasteiger partial charge in [-0.2, -0.15) is 0 Å². The van der Waals surface area contributed by atoms with Crippen LogP contribution >= 0.6 is 11.8 Å². The second kappa shape index (κ2) is 6.34. The molecular weight excluding hydrogens is 231 g/mol. The lowest BCUT2D eigenvalue weighted by Gasteiger charge is -2.07. The third-order valence-electron chi connectivity index (χ3n) is 1.76. The number of benzene rings is 1. The molecule has 16 heavy (non-hydrogen) atoms. The van der Waals surface area contributed by atoms with Crippen LogP contribution in [0.1, 0.15) is 0 Å². The standard InChI is InChI=1S/C10H13FN2O2S/c11-7-1-2-8(12)9(5-7)13-10(15)6-16-4-3-14/h1-2,5,14H,3-4,6,12H2,(H,13,15). The van der Waals surface area contributed by atoms with E-state index in [1.165, 1.54) is 30.0 Å². The molecule has 0 bridgehead atoms. The van der Waals surface area contributed by atoms with Crippen molar-refractivity contribution >= 4 is 29.0 Å². The number of carbonyl (C=O) groups is 1. The van der Waals surface area contributed by atoms with Crippen molar-refractivity contribution in [1.82, 2.24) is 0 Å². The normalized spacial score (nSPS) is 10.1. The molecule has 0 heterocycles. The van der Waals surface area contributed by atoms with E-state index in [9.17, 15) is 9.18 Å². The second-order valence-electron chi connectivity index (χ2n) is 3.06. The molecule has 0 spiro atoms. The Morgan fingerprint density at radius 2 is 2.31 bits per heavy atom. The lowest BCUT2D eigenvalue weighted by molar-refractivity contribution is -0.113. The van der Waals surface area contributed by atoms with Crippen LogP contribution in [0.2, 0.25) is 0 Å². The smallest absolute Gasteiger partial charge is 0.234 e. The van der Waals surface area contributed by atoms with Gasteiger partial charge in [-0.05, 0) is 18.2 Å². The molecule has 0 saturated carbocycles. The van der Waals surface area contributed by atoms with Gasteiger partial charge < -0.3 is 16.2 Å². The van der Waals surface area contributed by atoms with E-state index in [4.69, 9.17) is 10.8 Å². The summed E-state index contributed by atoms with van der Waals surface area (Å²) in [5, 5.41) is 11.0. The predicted molar refractivity (Wildman–Crippen MR) is 63.9 cm³/mol. The number of anilines is 2. The molecule has 1 rings (SSSR count). The first-order valence-electron chi connectivity index (χ1n) is 4.67. The summed E-state index contributed by atoms with van der Waals surface area (Å²) < 4.78 is 12.9. The van der Waals surface area contributed by atoms with Crippen molar-refractivity contribution in [2.75, 3.05) is 29.2 Å². The summed E-state index contributed by atoms with van der Waals surface area (Å²) in [5.41, 5.74) is 6.16. The second-order valence-corrected chi connectivity index (χ2v) is 4.16. The summed E-state index contributed by atoms with van der Waals surface area (Å²) in [6.45, 7) is 0.0278. The van der Waals surface area contributed by atoms with E-state index in [0.29, 0.717) is 11.4 Å². The molecule has 0 saturated heterocycles. The highest BCUT2D eigenvalue weighted by Crippen LogP contribution is 2.19. The monoisotopic (exact) mass is 244 g/mol. The molecule has 1 aromatic rings. The molecule has 88 valence electrons. The van der Waals surface area contributed by atoms with Crippen LogP contribution in [-0.4, -0.2) is 29.1 Å². The van der Waals surface area contributed by atoms with Crippen LogP contribution in [0, 0.1) is 5.82 Å².